The zero-order valence-electron chi connectivity index (χ0n) is 15.5. The van der Waals surface area contributed by atoms with Gasteiger partial charge in [0.2, 0.25) is 0 Å². The molecule has 144 valence electrons. The number of nitrogens with one attached hydrogen (secondary N) is 1. The fourth-order valence-corrected chi connectivity index (χ4v) is 4.77. The van der Waals surface area contributed by atoms with E-state index in [0.29, 0.717) is 23.4 Å². The van der Waals surface area contributed by atoms with Crippen LogP contribution in [0.5, 0.6) is 0 Å². The lowest BCUT2D eigenvalue weighted by Gasteiger charge is -2.18. The van der Waals surface area contributed by atoms with E-state index in [2.05, 4.69) is 4.72 Å². The number of carbonyl (C=O) groups is 2. The molecule has 0 aliphatic carbocycles. The summed E-state index contributed by atoms with van der Waals surface area (Å²) in [6.45, 7) is 4.53. The van der Waals surface area contributed by atoms with Crippen LogP contribution in [-0.4, -0.2) is 33.8 Å². The van der Waals surface area contributed by atoms with E-state index < -0.39 is 17.0 Å². The second-order valence-electron chi connectivity index (χ2n) is 6.68. The number of nitrogens with zero attached hydrogens (tertiary/aromatic N) is 1. The molecule has 2 aromatic rings. The van der Waals surface area contributed by atoms with Gasteiger partial charge in [-0.2, -0.15) is 0 Å². The van der Waals surface area contributed by atoms with Crippen molar-refractivity contribution in [1.82, 2.24) is 4.72 Å². The normalized spacial score (nSPS) is 15.3. The summed E-state index contributed by atoms with van der Waals surface area (Å²) in [5.41, 5.74) is 1.46. The molecular weight excluding hydrogens is 364 g/mol. The molecule has 27 heavy (non-hydrogen) atoms. The first-order valence-corrected chi connectivity index (χ1v) is 10.4. The van der Waals surface area contributed by atoms with Crippen molar-refractivity contribution in [2.24, 2.45) is 0 Å². The lowest BCUT2D eigenvalue weighted by molar-refractivity contribution is -0.137. The van der Waals surface area contributed by atoms with Crippen molar-refractivity contribution in [2.75, 3.05) is 11.4 Å². The highest BCUT2D eigenvalue weighted by molar-refractivity contribution is 7.83. The van der Waals surface area contributed by atoms with Crippen LogP contribution in [-0.2, 0) is 15.8 Å². The maximum atomic E-state index is 13.0. The Balaban J connectivity index is 1.96. The van der Waals surface area contributed by atoms with Crippen molar-refractivity contribution in [3.63, 3.8) is 0 Å². The van der Waals surface area contributed by atoms with E-state index >= 15 is 0 Å². The summed E-state index contributed by atoms with van der Waals surface area (Å²) in [5.74, 6) is -0.953. The van der Waals surface area contributed by atoms with Crippen LogP contribution in [0.4, 0.5) is 5.69 Å². The molecule has 0 spiro atoms. The van der Waals surface area contributed by atoms with Crippen molar-refractivity contribution >= 4 is 39.3 Å². The van der Waals surface area contributed by atoms with Gasteiger partial charge in [-0.25, -0.2) is 8.93 Å². The Labute approximate surface area is 161 Å². The quantitative estimate of drug-likeness (QED) is 0.689. The fourth-order valence-electron chi connectivity index (χ4n) is 3.57. The Bertz CT molecular complexity index is 912. The van der Waals surface area contributed by atoms with Gasteiger partial charge in [0.25, 0.3) is 5.91 Å². The van der Waals surface area contributed by atoms with Crippen molar-refractivity contribution < 1.29 is 18.9 Å². The Morgan fingerprint density at radius 3 is 2.70 bits per heavy atom. The summed E-state index contributed by atoms with van der Waals surface area (Å²) in [5, 5.41) is 10.7. The topological polar surface area (TPSA) is 86.7 Å². The number of carboxylic acid groups (broad SMARTS) is 1. The SMILES string of the molecule is CCCCC(CC(=O)O)NS(=O)c1ccc2c3c(cccc13)C(=O)N2CC. The number of hydrogen-bond acceptors (Lipinski definition) is 3. The van der Waals surface area contributed by atoms with Crippen molar-refractivity contribution in [1.29, 1.82) is 0 Å². The molecule has 7 heteroatoms. The van der Waals surface area contributed by atoms with Crippen LogP contribution in [0.1, 0.15) is 49.9 Å². The lowest BCUT2D eigenvalue weighted by atomic mass is 10.1. The van der Waals surface area contributed by atoms with Gasteiger partial charge >= 0.3 is 5.97 Å². The first-order valence-electron chi connectivity index (χ1n) is 9.25. The van der Waals surface area contributed by atoms with E-state index in [1.807, 2.05) is 26.0 Å². The zero-order chi connectivity index (χ0) is 19.6. The van der Waals surface area contributed by atoms with Gasteiger partial charge in [0, 0.05) is 28.9 Å². The van der Waals surface area contributed by atoms with Crippen molar-refractivity contribution in [2.45, 2.75) is 50.5 Å². The summed E-state index contributed by atoms with van der Waals surface area (Å²) in [7, 11) is -1.56. The number of hydrogen-bond donors (Lipinski definition) is 2. The van der Waals surface area contributed by atoms with Gasteiger partial charge in [-0.3, -0.25) is 9.59 Å². The van der Waals surface area contributed by atoms with Gasteiger partial charge in [-0.05, 0) is 31.5 Å². The monoisotopic (exact) mass is 388 g/mol. The number of aliphatic carboxylic acids is 1. The summed E-state index contributed by atoms with van der Waals surface area (Å²) in [6, 6.07) is 8.68. The average Bonchev–Trinajstić information content (AvgIpc) is 2.92. The summed E-state index contributed by atoms with van der Waals surface area (Å²) in [4.78, 5) is 26.0. The Morgan fingerprint density at radius 2 is 2.04 bits per heavy atom. The number of unbranched alkanes of at least 4 members (excludes halogenated alkanes) is 1. The van der Waals surface area contributed by atoms with Crippen LogP contribution >= 0.6 is 0 Å². The van der Waals surface area contributed by atoms with Gasteiger partial charge in [-0.15, -0.1) is 0 Å². The minimum atomic E-state index is -1.56. The first-order chi connectivity index (χ1) is 13.0. The molecule has 0 radical (unpaired) electrons. The molecule has 2 unspecified atom stereocenters. The highest BCUT2D eigenvalue weighted by Gasteiger charge is 2.30. The molecule has 2 N–H and O–H groups in total. The summed E-state index contributed by atoms with van der Waals surface area (Å²) < 4.78 is 16.0. The van der Waals surface area contributed by atoms with Crippen LogP contribution in [0.2, 0.25) is 0 Å². The molecule has 1 amide bonds. The molecule has 1 aliphatic rings. The Morgan fingerprint density at radius 1 is 1.26 bits per heavy atom. The number of benzene rings is 2. The highest BCUT2D eigenvalue weighted by Crippen LogP contribution is 2.39. The number of anilines is 1. The molecule has 0 fully saturated rings. The molecule has 1 heterocycles. The van der Waals surface area contributed by atoms with Crippen LogP contribution < -0.4 is 9.62 Å². The second-order valence-corrected chi connectivity index (χ2v) is 7.90. The molecule has 2 aromatic carbocycles. The van der Waals surface area contributed by atoms with Gasteiger partial charge in [0.15, 0.2) is 0 Å². The predicted octanol–water partition coefficient (Wildman–Crippen LogP) is 3.47. The molecular formula is C20H24N2O4S. The summed E-state index contributed by atoms with van der Waals surface area (Å²) in [6.07, 6.45) is 2.39. The Kier molecular flexibility index (Phi) is 5.92. The number of carbonyl (C=O) groups excluding carboxylic acids is 1. The van der Waals surface area contributed by atoms with Gasteiger partial charge in [0.05, 0.1) is 17.0 Å². The third-order valence-electron chi connectivity index (χ3n) is 4.86. The molecule has 0 saturated heterocycles. The zero-order valence-corrected chi connectivity index (χ0v) is 16.3. The third kappa shape index (κ3) is 3.75. The number of rotatable bonds is 9. The standard InChI is InChI=1S/C20H24N2O4S/c1-3-5-7-13(12-18(23)24)21-27(26)17-11-10-16-19-14(17)8-6-9-15(19)20(25)22(16)4-2/h6,8-11,13,21H,3-5,7,12H2,1-2H3,(H,23,24). The Hall–Kier alpha value is -2.25. The smallest absolute Gasteiger partial charge is 0.304 e. The van der Waals surface area contributed by atoms with E-state index in [1.165, 1.54) is 0 Å². The summed E-state index contributed by atoms with van der Waals surface area (Å²) >= 11 is 0. The fraction of sp³-hybridized carbons (Fsp3) is 0.400. The number of amides is 1. The van der Waals surface area contributed by atoms with Crippen LogP contribution in [0.3, 0.4) is 0 Å². The number of carboxylic acids is 1. The third-order valence-corrected chi connectivity index (χ3v) is 6.16. The van der Waals surface area contributed by atoms with Crippen LogP contribution in [0, 0.1) is 0 Å². The first kappa shape index (κ1) is 19.5. The maximum Gasteiger partial charge on any atom is 0.304 e. The van der Waals surface area contributed by atoms with Crippen molar-refractivity contribution in [3.8, 4) is 0 Å². The van der Waals surface area contributed by atoms with E-state index in [-0.39, 0.29) is 18.4 Å². The molecule has 0 aromatic heterocycles. The average molecular weight is 388 g/mol. The van der Waals surface area contributed by atoms with Crippen molar-refractivity contribution in [3.05, 3.63) is 35.9 Å². The largest absolute Gasteiger partial charge is 0.481 e. The molecule has 0 saturated carbocycles. The molecule has 2 atom stereocenters. The minimum Gasteiger partial charge on any atom is -0.481 e. The molecule has 3 rings (SSSR count). The predicted molar refractivity (Wildman–Crippen MR) is 106 cm³/mol. The van der Waals surface area contributed by atoms with Gasteiger partial charge in [-0.1, -0.05) is 31.9 Å². The molecule has 0 bridgehead atoms. The van der Waals surface area contributed by atoms with E-state index in [9.17, 15) is 13.8 Å². The highest BCUT2D eigenvalue weighted by atomic mass is 32.2. The molecule has 1 aliphatic heterocycles. The van der Waals surface area contributed by atoms with Crippen LogP contribution in [0.15, 0.2) is 35.2 Å². The van der Waals surface area contributed by atoms with Crippen LogP contribution in [0.25, 0.3) is 10.8 Å². The van der Waals surface area contributed by atoms with E-state index in [4.69, 9.17) is 5.11 Å². The van der Waals surface area contributed by atoms with E-state index in [0.717, 1.165) is 29.3 Å². The molecule has 6 nitrogen and oxygen atoms in total. The second kappa shape index (κ2) is 8.19. The minimum absolute atomic E-state index is 0.0410. The van der Waals surface area contributed by atoms with E-state index in [1.54, 1.807) is 23.1 Å². The maximum absolute atomic E-state index is 13.0. The van der Waals surface area contributed by atoms with Gasteiger partial charge in [0.1, 0.15) is 11.0 Å². The van der Waals surface area contributed by atoms with Gasteiger partial charge < -0.3 is 10.0 Å². The lowest BCUT2D eigenvalue weighted by Crippen LogP contribution is -2.33.